The Balaban J connectivity index is 2.13. The molecule has 1 unspecified atom stereocenters. The predicted octanol–water partition coefficient (Wildman–Crippen LogP) is 2.14. The van der Waals surface area contributed by atoms with Crippen molar-refractivity contribution in [3.8, 4) is 0 Å². The second-order valence-electron chi connectivity index (χ2n) is 5.96. The van der Waals surface area contributed by atoms with E-state index in [0.717, 1.165) is 19.6 Å². The molecule has 1 atom stereocenters. The Kier molecular flexibility index (Phi) is 4.81. The van der Waals surface area contributed by atoms with E-state index in [1.165, 1.54) is 12.8 Å². The van der Waals surface area contributed by atoms with E-state index in [9.17, 15) is 4.79 Å². The van der Waals surface area contributed by atoms with Crippen LogP contribution in [0, 0.1) is 19.8 Å². The number of nitrogens with one attached hydrogen (secondary N) is 1. The van der Waals surface area contributed by atoms with E-state index in [-0.39, 0.29) is 11.9 Å². The summed E-state index contributed by atoms with van der Waals surface area (Å²) in [6.45, 7) is 10.6. The quantitative estimate of drug-likeness (QED) is 0.917. The highest BCUT2D eigenvalue weighted by Gasteiger charge is 2.27. The van der Waals surface area contributed by atoms with Crippen LogP contribution in [0.5, 0.6) is 0 Å². The van der Waals surface area contributed by atoms with E-state index in [1.807, 2.05) is 11.8 Å². The lowest BCUT2D eigenvalue weighted by Gasteiger charge is -2.32. The van der Waals surface area contributed by atoms with Gasteiger partial charge in [0.15, 0.2) is 0 Å². The summed E-state index contributed by atoms with van der Waals surface area (Å²) in [6.07, 6.45) is 2.38. The second kappa shape index (κ2) is 6.39. The van der Waals surface area contributed by atoms with Crippen LogP contribution in [0.1, 0.15) is 48.5 Å². The van der Waals surface area contributed by atoms with E-state index < -0.39 is 0 Å². The lowest BCUT2D eigenvalue weighted by atomic mass is 9.98. The average Bonchev–Trinajstić information content (AvgIpc) is 2.76. The highest BCUT2D eigenvalue weighted by Crippen LogP contribution is 2.20. The summed E-state index contributed by atoms with van der Waals surface area (Å²) in [5.74, 6) is 1.19. The summed E-state index contributed by atoms with van der Waals surface area (Å²) in [4.78, 5) is 14.7. The molecule has 112 valence electrons. The topological polar surface area (TPSA) is 58.4 Å². The van der Waals surface area contributed by atoms with Crippen molar-refractivity contribution in [3.05, 3.63) is 17.0 Å². The smallest absolute Gasteiger partial charge is 0.259 e. The minimum Gasteiger partial charge on any atom is -0.361 e. The molecule has 20 heavy (non-hydrogen) atoms. The average molecular weight is 279 g/mol. The molecule has 0 bridgehead atoms. The van der Waals surface area contributed by atoms with Crippen LogP contribution in [-0.2, 0) is 0 Å². The molecular formula is C15H25N3O2. The Morgan fingerprint density at radius 1 is 1.50 bits per heavy atom. The van der Waals surface area contributed by atoms with Gasteiger partial charge < -0.3 is 14.7 Å². The van der Waals surface area contributed by atoms with Crippen LogP contribution in [0.4, 0.5) is 0 Å². The predicted molar refractivity (Wildman–Crippen MR) is 77.7 cm³/mol. The Labute approximate surface area is 120 Å². The Hall–Kier alpha value is -1.36. The standard InChI is InChI=1S/C15H25N3O2/c1-10(2)18(9-13-6-5-7-16-8-13)15(19)14-11(3)17-20-12(14)4/h10,13,16H,5-9H2,1-4H3. The van der Waals surface area contributed by atoms with Crippen molar-refractivity contribution in [1.29, 1.82) is 0 Å². The van der Waals surface area contributed by atoms with E-state index in [0.29, 0.717) is 22.9 Å². The highest BCUT2D eigenvalue weighted by molar-refractivity contribution is 5.96. The first-order chi connectivity index (χ1) is 9.50. The molecule has 1 N–H and O–H groups in total. The summed E-state index contributed by atoms with van der Waals surface area (Å²) in [5.41, 5.74) is 1.31. The van der Waals surface area contributed by atoms with Gasteiger partial charge in [0.25, 0.3) is 5.91 Å². The monoisotopic (exact) mass is 279 g/mol. The van der Waals surface area contributed by atoms with Crippen molar-refractivity contribution in [2.24, 2.45) is 5.92 Å². The molecule has 0 spiro atoms. The molecule has 1 aliphatic rings. The third kappa shape index (κ3) is 3.20. The molecule has 1 amide bonds. The Morgan fingerprint density at radius 2 is 2.25 bits per heavy atom. The SMILES string of the molecule is Cc1noc(C)c1C(=O)N(CC1CCCNC1)C(C)C. The molecule has 0 aliphatic carbocycles. The largest absolute Gasteiger partial charge is 0.361 e. The van der Waals surface area contributed by atoms with E-state index in [1.54, 1.807) is 6.92 Å². The van der Waals surface area contributed by atoms with Gasteiger partial charge in [0.1, 0.15) is 11.3 Å². The summed E-state index contributed by atoms with van der Waals surface area (Å²) >= 11 is 0. The van der Waals surface area contributed by atoms with Crippen molar-refractivity contribution in [1.82, 2.24) is 15.4 Å². The van der Waals surface area contributed by atoms with Gasteiger partial charge in [-0.15, -0.1) is 0 Å². The second-order valence-corrected chi connectivity index (χ2v) is 5.96. The molecule has 5 nitrogen and oxygen atoms in total. The minimum absolute atomic E-state index is 0.0434. The van der Waals surface area contributed by atoms with Crippen LogP contribution >= 0.6 is 0 Å². The molecule has 0 aromatic carbocycles. The summed E-state index contributed by atoms with van der Waals surface area (Å²) in [7, 11) is 0. The van der Waals surface area contributed by atoms with Crippen molar-refractivity contribution in [2.45, 2.75) is 46.6 Å². The van der Waals surface area contributed by atoms with Crippen LogP contribution in [-0.4, -0.2) is 41.6 Å². The Morgan fingerprint density at radius 3 is 2.75 bits per heavy atom. The lowest BCUT2D eigenvalue weighted by molar-refractivity contribution is 0.0658. The summed E-state index contributed by atoms with van der Waals surface area (Å²) in [5, 5.41) is 7.30. The highest BCUT2D eigenvalue weighted by atomic mass is 16.5. The Bertz CT molecular complexity index is 442. The van der Waals surface area contributed by atoms with E-state index in [2.05, 4.69) is 24.3 Å². The first-order valence-corrected chi connectivity index (χ1v) is 7.45. The van der Waals surface area contributed by atoms with E-state index in [4.69, 9.17) is 4.52 Å². The van der Waals surface area contributed by atoms with Gasteiger partial charge in [-0.1, -0.05) is 5.16 Å². The van der Waals surface area contributed by atoms with Gasteiger partial charge in [-0.3, -0.25) is 4.79 Å². The third-order valence-corrected chi connectivity index (χ3v) is 3.99. The molecule has 1 fully saturated rings. The zero-order chi connectivity index (χ0) is 14.7. The normalized spacial score (nSPS) is 19.4. The van der Waals surface area contributed by atoms with Gasteiger partial charge in [0.05, 0.1) is 5.69 Å². The number of aromatic nitrogens is 1. The number of carbonyl (C=O) groups excluding carboxylic acids is 1. The summed E-state index contributed by atoms with van der Waals surface area (Å²) < 4.78 is 5.13. The number of hydrogen-bond donors (Lipinski definition) is 1. The lowest BCUT2D eigenvalue weighted by Crippen LogP contribution is -2.44. The van der Waals surface area contributed by atoms with Crippen molar-refractivity contribution >= 4 is 5.91 Å². The fourth-order valence-corrected chi connectivity index (χ4v) is 2.82. The first kappa shape index (κ1) is 15.0. The van der Waals surface area contributed by atoms with Gasteiger partial charge in [-0.05, 0) is 59.5 Å². The molecule has 2 rings (SSSR count). The van der Waals surface area contributed by atoms with Crippen LogP contribution < -0.4 is 5.32 Å². The van der Waals surface area contributed by atoms with Gasteiger partial charge in [0.2, 0.25) is 0 Å². The van der Waals surface area contributed by atoms with Crippen molar-refractivity contribution in [2.75, 3.05) is 19.6 Å². The molecule has 0 saturated carbocycles. The van der Waals surface area contributed by atoms with E-state index >= 15 is 0 Å². The number of piperidine rings is 1. The molecular weight excluding hydrogens is 254 g/mol. The number of aryl methyl sites for hydroxylation is 2. The first-order valence-electron chi connectivity index (χ1n) is 7.45. The molecule has 1 aliphatic heterocycles. The number of hydrogen-bond acceptors (Lipinski definition) is 4. The molecule has 0 radical (unpaired) electrons. The van der Waals surface area contributed by atoms with Crippen molar-refractivity contribution < 1.29 is 9.32 Å². The molecule has 1 aromatic rings. The number of rotatable bonds is 4. The number of nitrogens with zero attached hydrogens (tertiary/aromatic N) is 2. The van der Waals surface area contributed by atoms with Crippen LogP contribution in [0.2, 0.25) is 0 Å². The minimum atomic E-state index is 0.0434. The maximum absolute atomic E-state index is 12.8. The van der Waals surface area contributed by atoms with Gasteiger partial charge >= 0.3 is 0 Å². The van der Waals surface area contributed by atoms with Gasteiger partial charge in [-0.25, -0.2) is 0 Å². The van der Waals surface area contributed by atoms with Gasteiger partial charge in [0, 0.05) is 12.6 Å². The molecule has 5 heteroatoms. The van der Waals surface area contributed by atoms with Crippen LogP contribution in [0.25, 0.3) is 0 Å². The zero-order valence-electron chi connectivity index (χ0n) is 12.9. The van der Waals surface area contributed by atoms with Gasteiger partial charge in [-0.2, -0.15) is 0 Å². The van der Waals surface area contributed by atoms with Crippen LogP contribution in [0.15, 0.2) is 4.52 Å². The third-order valence-electron chi connectivity index (χ3n) is 3.99. The fourth-order valence-electron chi connectivity index (χ4n) is 2.82. The molecule has 1 saturated heterocycles. The number of amides is 1. The van der Waals surface area contributed by atoms with Crippen molar-refractivity contribution in [3.63, 3.8) is 0 Å². The zero-order valence-corrected chi connectivity index (χ0v) is 12.9. The maximum atomic E-state index is 12.8. The molecule has 2 heterocycles. The van der Waals surface area contributed by atoms with Crippen LogP contribution in [0.3, 0.4) is 0 Å². The number of carbonyl (C=O) groups is 1. The maximum Gasteiger partial charge on any atom is 0.259 e. The fraction of sp³-hybridized carbons (Fsp3) is 0.733. The molecule has 1 aromatic heterocycles. The summed E-state index contributed by atoms with van der Waals surface area (Å²) in [6, 6.07) is 0.179.